The molecule has 8 nitrogen and oxygen atoms in total. The Morgan fingerprint density at radius 2 is 2.18 bits per heavy atom. The summed E-state index contributed by atoms with van der Waals surface area (Å²) in [6, 6.07) is 1.42. The zero-order chi connectivity index (χ0) is 12.5. The summed E-state index contributed by atoms with van der Waals surface area (Å²) >= 11 is 3.14. The Morgan fingerprint density at radius 3 is 2.76 bits per heavy atom. The molecule has 0 spiro atoms. The zero-order valence-electron chi connectivity index (χ0n) is 8.57. The van der Waals surface area contributed by atoms with Crippen LogP contribution in [0.2, 0.25) is 0 Å². The van der Waals surface area contributed by atoms with Crippen molar-refractivity contribution >= 4 is 31.9 Å². The fourth-order valence-corrected chi connectivity index (χ4v) is 2.48. The Labute approximate surface area is 105 Å². The summed E-state index contributed by atoms with van der Waals surface area (Å²) in [7, 11) is -2.21. The van der Waals surface area contributed by atoms with Crippen molar-refractivity contribution in [3.05, 3.63) is 22.9 Å². The van der Waals surface area contributed by atoms with Crippen molar-refractivity contribution < 1.29 is 8.42 Å². The molecule has 0 unspecified atom stereocenters. The van der Waals surface area contributed by atoms with Crippen molar-refractivity contribution in [2.75, 3.05) is 4.72 Å². The maximum atomic E-state index is 11.9. The van der Waals surface area contributed by atoms with Gasteiger partial charge in [-0.3, -0.25) is 4.98 Å². The van der Waals surface area contributed by atoms with Gasteiger partial charge >= 0.3 is 0 Å². The van der Waals surface area contributed by atoms with Gasteiger partial charge in [0.2, 0.25) is 0 Å². The van der Waals surface area contributed by atoms with Crippen LogP contribution in [0.3, 0.4) is 0 Å². The van der Waals surface area contributed by atoms with Gasteiger partial charge in [0, 0.05) is 16.9 Å². The molecule has 0 fully saturated rings. The van der Waals surface area contributed by atoms with E-state index >= 15 is 0 Å². The molecule has 0 saturated heterocycles. The van der Waals surface area contributed by atoms with Gasteiger partial charge in [0.1, 0.15) is 4.90 Å². The Kier molecular flexibility index (Phi) is 3.07. The minimum atomic E-state index is -3.74. The van der Waals surface area contributed by atoms with Crippen molar-refractivity contribution in [2.45, 2.75) is 4.90 Å². The van der Waals surface area contributed by atoms with E-state index in [1.807, 2.05) is 0 Å². The number of rotatable bonds is 3. The summed E-state index contributed by atoms with van der Waals surface area (Å²) in [6.45, 7) is 0. The molecular formula is C7H7BrN6O2S. The minimum Gasteiger partial charge on any atom is -0.262 e. The molecule has 0 saturated carbocycles. The predicted molar refractivity (Wildman–Crippen MR) is 61.5 cm³/mol. The van der Waals surface area contributed by atoms with Gasteiger partial charge in [-0.2, -0.15) is 4.80 Å². The van der Waals surface area contributed by atoms with Gasteiger partial charge in [0.15, 0.2) is 0 Å². The molecule has 2 rings (SSSR count). The number of nitrogens with zero attached hydrogens (tertiary/aromatic N) is 5. The van der Waals surface area contributed by atoms with E-state index in [1.54, 1.807) is 0 Å². The molecule has 17 heavy (non-hydrogen) atoms. The number of sulfonamides is 1. The van der Waals surface area contributed by atoms with Gasteiger partial charge in [-0.1, -0.05) is 5.10 Å². The summed E-state index contributed by atoms with van der Waals surface area (Å²) in [6.07, 6.45) is 2.71. The highest BCUT2D eigenvalue weighted by Crippen LogP contribution is 2.16. The van der Waals surface area contributed by atoms with E-state index in [4.69, 9.17) is 0 Å². The van der Waals surface area contributed by atoms with Crippen LogP contribution < -0.4 is 4.72 Å². The van der Waals surface area contributed by atoms with Crippen LogP contribution in [-0.2, 0) is 17.1 Å². The largest absolute Gasteiger partial charge is 0.277 e. The van der Waals surface area contributed by atoms with Crippen molar-refractivity contribution in [1.82, 2.24) is 25.2 Å². The Morgan fingerprint density at radius 1 is 1.41 bits per heavy atom. The number of anilines is 1. The Bertz CT molecular complexity index is 639. The molecule has 1 N–H and O–H groups in total. The molecule has 2 aromatic rings. The first kappa shape index (κ1) is 11.9. The van der Waals surface area contributed by atoms with Gasteiger partial charge in [-0.25, -0.2) is 13.1 Å². The number of pyridine rings is 1. The number of aromatic nitrogens is 5. The third-order valence-electron chi connectivity index (χ3n) is 1.72. The normalized spacial score (nSPS) is 11.4. The predicted octanol–water partition coefficient (Wildman–Crippen LogP) is 0.168. The second-order valence-corrected chi connectivity index (χ2v) is 5.64. The number of tetrazole rings is 1. The Hall–Kier alpha value is -1.55. The standard InChI is InChI=1S/C7H7BrN6O2S/c1-14-11-7(10-13-14)12-17(15,16)6-2-5(8)3-9-4-6/h2-4H,1H3,(H,11,12). The first-order chi connectivity index (χ1) is 7.97. The second kappa shape index (κ2) is 4.37. The smallest absolute Gasteiger partial charge is 0.262 e. The van der Waals surface area contributed by atoms with Crippen molar-refractivity contribution in [1.29, 1.82) is 0 Å². The van der Waals surface area contributed by atoms with Gasteiger partial charge in [0.05, 0.1) is 7.05 Å². The van der Waals surface area contributed by atoms with Crippen LogP contribution in [0.25, 0.3) is 0 Å². The van der Waals surface area contributed by atoms with Crippen LogP contribution in [0.5, 0.6) is 0 Å². The van der Waals surface area contributed by atoms with E-state index in [0.717, 1.165) is 4.80 Å². The average molecular weight is 319 g/mol. The number of halogens is 1. The van der Waals surface area contributed by atoms with Crippen molar-refractivity contribution in [3.63, 3.8) is 0 Å². The lowest BCUT2D eigenvalue weighted by molar-refractivity contribution is 0.600. The molecule has 0 bridgehead atoms. The summed E-state index contributed by atoms with van der Waals surface area (Å²) < 4.78 is 26.5. The Balaban J connectivity index is 2.31. The van der Waals surface area contributed by atoms with E-state index in [-0.39, 0.29) is 10.8 Å². The number of nitrogens with one attached hydrogen (secondary N) is 1. The topological polar surface area (TPSA) is 103 Å². The monoisotopic (exact) mass is 318 g/mol. The van der Waals surface area contributed by atoms with E-state index in [9.17, 15) is 8.42 Å². The maximum absolute atomic E-state index is 11.9. The summed E-state index contributed by atoms with van der Waals surface area (Å²) in [5.74, 6) is -0.0903. The van der Waals surface area contributed by atoms with Crippen LogP contribution in [-0.4, -0.2) is 33.6 Å². The molecule has 0 aliphatic rings. The van der Waals surface area contributed by atoms with E-state index in [1.165, 1.54) is 25.5 Å². The highest BCUT2D eigenvalue weighted by atomic mass is 79.9. The van der Waals surface area contributed by atoms with Crippen LogP contribution in [0.1, 0.15) is 0 Å². The van der Waals surface area contributed by atoms with E-state index in [0.29, 0.717) is 4.47 Å². The van der Waals surface area contributed by atoms with Gasteiger partial charge in [0.25, 0.3) is 16.0 Å². The average Bonchev–Trinajstić information content (AvgIpc) is 2.63. The van der Waals surface area contributed by atoms with Gasteiger partial charge in [-0.05, 0) is 27.2 Å². The molecule has 2 heterocycles. The van der Waals surface area contributed by atoms with Crippen LogP contribution in [0, 0.1) is 0 Å². The van der Waals surface area contributed by atoms with Crippen LogP contribution >= 0.6 is 15.9 Å². The van der Waals surface area contributed by atoms with E-state index < -0.39 is 10.0 Å². The lowest BCUT2D eigenvalue weighted by atomic mass is 10.5. The lowest BCUT2D eigenvalue weighted by Crippen LogP contribution is -2.14. The molecule has 90 valence electrons. The third-order valence-corrected chi connectivity index (χ3v) is 3.45. The molecule has 0 aliphatic carbocycles. The fraction of sp³-hybridized carbons (Fsp3) is 0.143. The minimum absolute atomic E-state index is 0.0133. The van der Waals surface area contributed by atoms with Crippen LogP contribution in [0.4, 0.5) is 5.95 Å². The highest BCUT2D eigenvalue weighted by Gasteiger charge is 2.17. The number of hydrogen-bond acceptors (Lipinski definition) is 6. The SMILES string of the molecule is Cn1nnc(NS(=O)(=O)c2cncc(Br)c2)n1. The summed E-state index contributed by atoms with van der Waals surface area (Å²) in [5.41, 5.74) is 0. The molecule has 0 amide bonds. The molecule has 0 aromatic carbocycles. The van der Waals surface area contributed by atoms with Gasteiger partial charge in [-0.15, -0.1) is 5.10 Å². The summed E-state index contributed by atoms with van der Waals surface area (Å²) in [4.78, 5) is 4.93. The molecule has 0 aliphatic heterocycles. The molecule has 0 atom stereocenters. The molecule has 2 aromatic heterocycles. The first-order valence-electron chi connectivity index (χ1n) is 4.35. The zero-order valence-corrected chi connectivity index (χ0v) is 11.0. The molecule has 0 radical (unpaired) electrons. The van der Waals surface area contributed by atoms with Gasteiger partial charge < -0.3 is 0 Å². The van der Waals surface area contributed by atoms with E-state index in [2.05, 4.69) is 41.0 Å². The van der Waals surface area contributed by atoms with Crippen LogP contribution in [0.15, 0.2) is 27.8 Å². The fourth-order valence-electron chi connectivity index (χ4n) is 1.04. The second-order valence-electron chi connectivity index (χ2n) is 3.05. The molecular weight excluding hydrogens is 312 g/mol. The quantitative estimate of drug-likeness (QED) is 0.865. The maximum Gasteiger partial charge on any atom is 0.277 e. The lowest BCUT2D eigenvalue weighted by Gasteiger charge is -2.03. The highest BCUT2D eigenvalue weighted by molar-refractivity contribution is 9.10. The molecule has 10 heteroatoms. The number of hydrogen-bond donors (Lipinski definition) is 1. The summed E-state index contributed by atoms with van der Waals surface area (Å²) in [5, 5.41) is 10.8. The first-order valence-corrected chi connectivity index (χ1v) is 6.62. The van der Waals surface area contributed by atoms with Crippen molar-refractivity contribution in [3.8, 4) is 0 Å². The third kappa shape index (κ3) is 2.77. The number of aryl methyl sites for hydroxylation is 1. The van der Waals surface area contributed by atoms with Crippen molar-refractivity contribution in [2.24, 2.45) is 7.05 Å².